The maximum absolute atomic E-state index is 12.3. The van der Waals surface area contributed by atoms with E-state index in [0.29, 0.717) is 6.61 Å². The summed E-state index contributed by atoms with van der Waals surface area (Å²) in [6.45, 7) is 5.62. The molecule has 0 bridgehead atoms. The minimum atomic E-state index is -0.422. The van der Waals surface area contributed by atoms with E-state index < -0.39 is 6.10 Å². The summed E-state index contributed by atoms with van der Waals surface area (Å²) in [7, 11) is 1.64. The van der Waals surface area contributed by atoms with Crippen molar-refractivity contribution in [1.82, 2.24) is 10.2 Å². The fraction of sp³-hybridized carbons (Fsp3) is 0.562. The highest BCUT2D eigenvalue weighted by molar-refractivity contribution is 5.80. The zero-order valence-corrected chi connectivity index (χ0v) is 12.8. The van der Waals surface area contributed by atoms with Crippen LogP contribution in [0.4, 0.5) is 0 Å². The predicted molar refractivity (Wildman–Crippen MR) is 81.3 cm³/mol. The van der Waals surface area contributed by atoms with Gasteiger partial charge >= 0.3 is 0 Å². The van der Waals surface area contributed by atoms with Crippen LogP contribution in [0.25, 0.3) is 0 Å². The average molecular weight is 292 g/mol. The van der Waals surface area contributed by atoms with Crippen molar-refractivity contribution in [3.8, 4) is 5.75 Å². The van der Waals surface area contributed by atoms with Gasteiger partial charge < -0.3 is 19.7 Å². The zero-order chi connectivity index (χ0) is 15.1. The third-order valence-electron chi connectivity index (χ3n) is 3.63. The van der Waals surface area contributed by atoms with E-state index in [2.05, 4.69) is 5.32 Å². The topological polar surface area (TPSA) is 50.8 Å². The Hall–Kier alpha value is -1.59. The summed E-state index contributed by atoms with van der Waals surface area (Å²) in [5.41, 5.74) is 1.01. The van der Waals surface area contributed by atoms with Crippen molar-refractivity contribution in [2.75, 3.05) is 33.3 Å². The van der Waals surface area contributed by atoms with E-state index in [-0.39, 0.29) is 5.91 Å². The lowest BCUT2D eigenvalue weighted by Crippen LogP contribution is -2.41. The minimum Gasteiger partial charge on any atom is -0.497 e. The number of ether oxygens (including phenoxy) is 2. The molecule has 1 heterocycles. The Morgan fingerprint density at radius 1 is 1.38 bits per heavy atom. The van der Waals surface area contributed by atoms with Gasteiger partial charge in [0.15, 0.2) is 0 Å². The first-order valence-electron chi connectivity index (χ1n) is 7.44. The maximum atomic E-state index is 12.3. The Bertz CT molecular complexity index is 457. The molecule has 0 spiro atoms. The summed E-state index contributed by atoms with van der Waals surface area (Å²) in [5, 5.41) is 3.29. The molecule has 1 atom stereocenters. The highest BCUT2D eigenvalue weighted by atomic mass is 16.5. The number of nitrogens with one attached hydrogen (secondary N) is 1. The molecule has 1 aliphatic heterocycles. The number of benzene rings is 1. The van der Waals surface area contributed by atoms with Crippen LogP contribution in [-0.4, -0.2) is 50.2 Å². The molecule has 0 saturated carbocycles. The number of amides is 1. The molecule has 0 radical (unpaired) electrons. The molecule has 21 heavy (non-hydrogen) atoms. The normalized spacial score (nSPS) is 17.1. The standard InChI is InChI=1S/C16H24N2O3/c1-13(16(19)18-9-4-7-17-8-10-18)21-12-14-5-3-6-15(11-14)20-2/h3,5-6,11,13,17H,4,7-10,12H2,1-2H3. The number of rotatable bonds is 5. The predicted octanol–water partition coefficient (Wildman–Crippen LogP) is 1.42. The second kappa shape index (κ2) is 8.00. The van der Waals surface area contributed by atoms with Crippen molar-refractivity contribution in [1.29, 1.82) is 0 Å². The molecule has 5 nitrogen and oxygen atoms in total. The second-order valence-corrected chi connectivity index (χ2v) is 5.23. The molecular formula is C16H24N2O3. The van der Waals surface area contributed by atoms with Gasteiger partial charge in [0.2, 0.25) is 0 Å². The summed E-state index contributed by atoms with van der Waals surface area (Å²) >= 11 is 0. The molecule has 116 valence electrons. The Morgan fingerprint density at radius 2 is 2.24 bits per heavy atom. The quantitative estimate of drug-likeness (QED) is 0.892. The van der Waals surface area contributed by atoms with E-state index in [1.165, 1.54) is 0 Å². The largest absolute Gasteiger partial charge is 0.497 e. The van der Waals surface area contributed by atoms with Gasteiger partial charge in [-0.15, -0.1) is 0 Å². The van der Waals surface area contributed by atoms with Crippen LogP contribution in [0.2, 0.25) is 0 Å². The van der Waals surface area contributed by atoms with Crippen molar-refractivity contribution in [3.05, 3.63) is 29.8 Å². The first-order valence-corrected chi connectivity index (χ1v) is 7.44. The van der Waals surface area contributed by atoms with Gasteiger partial charge in [0, 0.05) is 19.6 Å². The van der Waals surface area contributed by atoms with Crippen LogP contribution in [0, 0.1) is 0 Å². The van der Waals surface area contributed by atoms with Gasteiger partial charge in [-0.1, -0.05) is 12.1 Å². The number of methoxy groups -OCH3 is 1. The molecular weight excluding hydrogens is 268 g/mol. The zero-order valence-electron chi connectivity index (χ0n) is 12.8. The monoisotopic (exact) mass is 292 g/mol. The summed E-state index contributed by atoms with van der Waals surface area (Å²) in [6.07, 6.45) is 0.572. The number of carbonyl (C=O) groups excluding carboxylic acids is 1. The first-order chi connectivity index (χ1) is 10.2. The molecule has 1 amide bonds. The molecule has 1 aromatic carbocycles. The lowest BCUT2D eigenvalue weighted by atomic mass is 10.2. The molecule has 0 aromatic heterocycles. The van der Waals surface area contributed by atoms with Crippen LogP contribution >= 0.6 is 0 Å². The Balaban J connectivity index is 1.85. The molecule has 1 fully saturated rings. The number of hydrogen-bond acceptors (Lipinski definition) is 4. The Morgan fingerprint density at radius 3 is 3.05 bits per heavy atom. The van der Waals surface area contributed by atoms with Crippen molar-refractivity contribution in [3.63, 3.8) is 0 Å². The van der Waals surface area contributed by atoms with E-state index >= 15 is 0 Å². The summed E-state index contributed by atoms with van der Waals surface area (Å²) < 4.78 is 10.9. The van der Waals surface area contributed by atoms with E-state index in [1.54, 1.807) is 7.11 Å². The van der Waals surface area contributed by atoms with E-state index in [4.69, 9.17) is 9.47 Å². The molecule has 1 saturated heterocycles. The van der Waals surface area contributed by atoms with Crippen molar-refractivity contribution >= 4 is 5.91 Å². The lowest BCUT2D eigenvalue weighted by Gasteiger charge is -2.24. The molecule has 5 heteroatoms. The molecule has 1 N–H and O–H groups in total. The van der Waals surface area contributed by atoms with Gasteiger partial charge in [-0.05, 0) is 37.6 Å². The van der Waals surface area contributed by atoms with Crippen LogP contribution < -0.4 is 10.1 Å². The van der Waals surface area contributed by atoms with Crippen LogP contribution in [0.5, 0.6) is 5.75 Å². The number of hydrogen-bond donors (Lipinski definition) is 1. The fourth-order valence-electron chi connectivity index (χ4n) is 2.38. The van der Waals surface area contributed by atoms with Gasteiger partial charge in [0.05, 0.1) is 13.7 Å². The Kier molecular flexibility index (Phi) is 6.02. The van der Waals surface area contributed by atoms with Crippen LogP contribution in [-0.2, 0) is 16.1 Å². The number of carbonyl (C=O) groups is 1. The van der Waals surface area contributed by atoms with Gasteiger partial charge in [-0.3, -0.25) is 4.79 Å². The summed E-state index contributed by atoms with van der Waals surface area (Å²) in [6, 6.07) is 7.70. The Labute approximate surface area is 126 Å². The highest BCUT2D eigenvalue weighted by Gasteiger charge is 2.21. The average Bonchev–Trinajstić information content (AvgIpc) is 2.81. The summed E-state index contributed by atoms with van der Waals surface area (Å²) in [4.78, 5) is 14.2. The first kappa shape index (κ1) is 15.8. The molecule has 0 aliphatic carbocycles. The third-order valence-corrected chi connectivity index (χ3v) is 3.63. The van der Waals surface area contributed by atoms with Crippen LogP contribution in [0.15, 0.2) is 24.3 Å². The van der Waals surface area contributed by atoms with Crippen molar-refractivity contribution in [2.24, 2.45) is 0 Å². The second-order valence-electron chi connectivity index (χ2n) is 5.23. The van der Waals surface area contributed by atoms with Gasteiger partial charge in [0.1, 0.15) is 11.9 Å². The van der Waals surface area contributed by atoms with E-state index in [0.717, 1.165) is 43.9 Å². The fourth-order valence-corrected chi connectivity index (χ4v) is 2.38. The molecule has 1 aromatic rings. The van der Waals surface area contributed by atoms with Crippen molar-refractivity contribution < 1.29 is 14.3 Å². The van der Waals surface area contributed by atoms with Crippen LogP contribution in [0.1, 0.15) is 18.9 Å². The lowest BCUT2D eigenvalue weighted by molar-refractivity contribution is -0.143. The van der Waals surface area contributed by atoms with Gasteiger partial charge in [0.25, 0.3) is 5.91 Å². The molecule has 2 rings (SSSR count). The van der Waals surface area contributed by atoms with Gasteiger partial charge in [-0.25, -0.2) is 0 Å². The third kappa shape index (κ3) is 4.72. The number of nitrogens with zero attached hydrogens (tertiary/aromatic N) is 1. The van der Waals surface area contributed by atoms with Crippen LogP contribution in [0.3, 0.4) is 0 Å². The SMILES string of the molecule is COc1cccc(COC(C)C(=O)N2CCCNCC2)c1. The minimum absolute atomic E-state index is 0.0709. The van der Waals surface area contributed by atoms with E-state index in [9.17, 15) is 4.79 Å². The molecule has 1 aliphatic rings. The maximum Gasteiger partial charge on any atom is 0.251 e. The van der Waals surface area contributed by atoms with Crippen molar-refractivity contribution in [2.45, 2.75) is 26.1 Å². The van der Waals surface area contributed by atoms with E-state index in [1.807, 2.05) is 36.1 Å². The van der Waals surface area contributed by atoms with Gasteiger partial charge in [-0.2, -0.15) is 0 Å². The molecule has 1 unspecified atom stereocenters. The highest BCUT2D eigenvalue weighted by Crippen LogP contribution is 2.14. The summed E-state index contributed by atoms with van der Waals surface area (Å²) in [5.74, 6) is 0.871. The smallest absolute Gasteiger partial charge is 0.251 e.